The molecule has 0 N–H and O–H groups in total. The first-order chi connectivity index (χ1) is 11.6. The maximum atomic E-state index is 12.0. The summed E-state index contributed by atoms with van der Waals surface area (Å²) in [5, 5.41) is 2.43. The monoisotopic (exact) mass is 422 g/mol. The van der Waals surface area contributed by atoms with Gasteiger partial charge in [0.25, 0.3) is 0 Å². The number of carbonyl (C=O) groups excluding carboxylic acids is 1. The first-order valence-corrected chi connectivity index (χ1v) is 9.09. The second-order valence-corrected chi connectivity index (χ2v) is 7.08. The molecule has 0 saturated heterocycles. The Kier molecular flexibility index (Phi) is 5.56. The molecule has 1 aromatic carbocycles. The number of carbonyl (C=O) groups is 1. The lowest BCUT2D eigenvalue weighted by atomic mass is 10.3. The molecule has 0 saturated carbocycles. The van der Waals surface area contributed by atoms with Crippen LogP contribution in [0.15, 0.2) is 62.8 Å². The molecule has 24 heavy (non-hydrogen) atoms. The third-order valence-corrected chi connectivity index (χ3v) is 5.12. The summed E-state index contributed by atoms with van der Waals surface area (Å²) in [6.45, 7) is 0.267. The summed E-state index contributed by atoms with van der Waals surface area (Å²) in [7, 11) is 0. The van der Waals surface area contributed by atoms with Gasteiger partial charge in [-0.3, -0.25) is 4.79 Å². The molecule has 0 bridgehead atoms. The predicted octanol–water partition coefficient (Wildman–Crippen LogP) is 6.23. The Balaban J connectivity index is 1.60. The average molecular weight is 424 g/mol. The van der Waals surface area contributed by atoms with E-state index in [4.69, 9.17) is 20.8 Å². The highest BCUT2D eigenvalue weighted by Crippen LogP contribution is 2.24. The number of ketones is 1. The van der Waals surface area contributed by atoms with E-state index in [-0.39, 0.29) is 12.4 Å². The Labute approximate surface area is 156 Å². The molecular weight excluding hydrogens is 412 g/mol. The molecule has 122 valence electrons. The molecule has 2 heterocycles. The number of rotatable bonds is 6. The minimum atomic E-state index is -0.0593. The van der Waals surface area contributed by atoms with Crippen molar-refractivity contribution >= 4 is 50.7 Å². The highest BCUT2D eigenvalue weighted by atomic mass is 79.9. The van der Waals surface area contributed by atoms with Gasteiger partial charge in [-0.15, -0.1) is 11.3 Å². The maximum absolute atomic E-state index is 12.0. The Morgan fingerprint density at radius 1 is 1.29 bits per heavy atom. The summed E-state index contributed by atoms with van der Waals surface area (Å²) in [4.78, 5) is 12.7. The number of ether oxygens (including phenoxy) is 1. The summed E-state index contributed by atoms with van der Waals surface area (Å²) in [6.07, 6.45) is 3.14. The van der Waals surface area contributed by atoms with Crippen LogP contribution in [0.2, 0.25) is 5.02 Å². The summed E-state index contributed by atoms with van der Waals surface area (Å²) in [5.41, 5.74) is 0. The van der Waals surface area contributed by atoms with Crippen LogP contribution in [-0.2, 0) is 6.61 Å². The second kappa shape index (κ2) is 7.83. The van der Waals surface area contributed by atoms with Crippen molar-refractivity contribution in [1.82, 2.24) is 0 Å². The van der Waals surface area contributed by atoms with Crippen LogP contribution in [0.25, 0.3) is 6.08 Å². The molecule has 0 unspecified atom stereocenters. The van der Waals surface area contributed by atoms with Crippen molar-refractivity contribution in [3.05, 3.63) is 79.8 Å². The average Bonchev–Trinajstić information content (AvgIpc) is 3.21. The van der Waals surface area contributed by atoms with Crippen molar-refractivity contribution in [2.45, 2.75) is 6.61 Å². The van der Waals surface area contributed by atoms with Gasteiger partial charge in [0.2, 0.25) is 0 Å². The number of para-hydroxylation sites is 1. The predicted molar refractivity (Wildman–Crippen MR) is 99.9 cm³/mol. The van der Waals surface area contributed by atoms with E-state index in [2.05, 4.69) is 15.9 Å². The number of hydrogen-bond acceptors (Lipinski definition) is 4. The van der Waals surface area contributed by atoms with E-state index in [0.29, 0.717) is 27.2 Å². The lowest BCUT2D eigenvalue weighted by Crippen LogP contribution is -1.93. The quantitative estimate of drug-likeness (QED) is 0.348. The lowest BCUT2D eigenvalue weighted by molar-refractivity contribution is 0.105. The van der Waals surface area contributed by atoms with E-state index in [1.807, 2.05) is 23.6 Å². The fourth-order valence-electron chi connectivity index (χ4n) is 1.95. The van der Waals surface area contributed by atoms with Crippen LogP contribution >= 0.6 is 38.9 Å². The van der Waals surface area contributed by atoms with Gasteiger partial charge in [-0.25, -0.2) is 0 Å². The third kappa shape index (κ3) is 4.38. The molecule has 0 spiro atoms. The molecule has 0 atom stereocenters. The molecule has 0 radical (unpaired) electrons. The van der Waals surface area contributed by atoms with E-state index in [0.717, 1.165) is 4.47 Å². The van der Waals surface area contributed by atoms with Gasteiger partial charge >= 0.3 is 0 Å². The van der Waals surface area contributed by atoms with Crippen molar-refractivity contribution in [3.8, 4) is 5.75 Å². The van der Waals surface area contributed by atoms with Crippen molar-refractivity contribution in [1.29, 1.82) is 0 Å². The highest BCUT2D eigenvalue weighted by molar-refractivity contribution is 9.10. The Morgan fingerprint density at radius 2 is 2.12 bits per heavy atom. The van der Waals surface area contributed by atoms with Gasteiger partial charge < -0.3 is 9.15 Å². The Morgan fingerprint density at radius 3 is 2.88 bits per heavy atom. The smallest absolute Gasteiger partial charge is 0.195 e. The fraction of sp³-hybridized carbons (Fsp3) is 0.0556. The first-order valence-electron chi connectivity index (χ1n) is 7.04. The summed E-state index contributed by atoms with van der Waals surface area (Å²) >= 11 is 10.8. The lowest BCUT2D eigenvalue weighted by Gasteiger charge is -2.05. The number of benzene rings is 1. The van der Waals surface area contributed by atoms with Gasteiger partial charge in [0.15, 0.2) is 5.78 Å². The number of furan rings is 1. The van der Waals surface area contributed by atoms with Gasteiger partial charge in [0, 0.05) is 9.85 Å². The largest absolute Gasteiger partial charge is 0.484 e. The summed E-state index contributed by atoms with van der Waals surface area (Å²) < 4.78 is 12.1. The number of hydrogen-bond donors (Lipinski definition) is 0. The molecule has 0 aliphatic carbocycles. The minimum Gasteiger partial charge on any atom is -0.484 e. The molecule has 0 amide bonds. The zero-order chi connectivity index (χ0) is 16.9. The zero-order valence-corrected chi connectivity index (χ0v) is 15.5. The first kappa shape index (κ1) is 17.0. The standard InChI is InChI=1S/C18H12BrClO3S/c19-12-9-18(24-11-12)16(21)8-7-13-5-6-14(23-13)10-22-17-4-2-1-3-15(17)20/h1-9,11H,10H2/b8-7+. The molecule has 3 nitrogen and oxygen atoms in total. The van der Waals surface area contributed by atoms with Crippen LogP contribution in [0.5, 0.6) is 5.75 Å². The van der Waals surface area contributed by atoms with Crippen molar-refractivity contribution in [2.75, 3.05) is 0 Å². The molecular formula is C18H12BrClO3S. The van der Waals surface area contributed by atoms with Crippen LogP contribution in [0.4, 0.5) is 0 Å². The van der Waals surface area contributed by atoms with E-state index < -0.39 is 0 Å². The van der Waals surface area contributed by atoms with Crippen LogP contribution < -0.4 is 4.74 Å². The van der Waals surface area contributed by atoms with Crippen LogP contribution in [-0.4, -0.2) is 5.78 Å². The number of allylic oxidation sites excluding steroid dienone is 1. The molecule has 3 rings (SSSR count). The van der Waals surface area contributed by atoms with Crippen molar-refractivity contribution in [3.63, 3.8) is 0 Å². The molecule has 6 heteroatoms. The highest BCUT2D eigenvalue weighted by Gasteiger charge is 2.06. The summed E-state index contributed by atoms with van der Waals surface area (Å²) in [6, 6.07) is 12.6. The topological polar surface area (TPSA) is 39.4 Å². The molecule has 0 aliphatic heterocycles. The van der Waals surface area contributed by atoms with E-state index in [1.54, 1.807) is 30.3 Å². The van der Waals surface area contributed by atoms with Gasteiger partial charge in [-0.2, -0.15) is 0 Å². The van der Waals surface area contributed by atoms with E-state index in [9.17, 15) is 4.79 Å². The van der Waals surface area contributed by atoms with Gasteiger partial charge in [-0.05, 0) is 58.4 Å². The SMILES string of the molecule is O=C(/C=C/c1ccc(COc2ccccc2Cl)o1)c1cc(Br)cs1. The second-order valence-electron chi connectivity index (χ2n) is 4.85. The molecule has 2 aromatic heterocycles. The number of thiophene rings is 1. The Bertz CT molecular complexity index is 882. The van der Waals surface area contributed by atoms with Gasteiger partial charge in [0.1, 0.15) is 23.9 Å². The van der Waals surface area contributed by atoms with Crippen LogP contribution in [0, 0.1) is 0 Å². The molecule has 0 aliphatic rings. The zero-order valence-electron chi connectivity index (χ0n) is 12.4. The van der Waals surface area contributed by atoms with Crippen LogP contribution in [0.3, 0.4) is 0 Å². The normalized spacial score (nSPS) is 11.1. The minimum absolute atomic E-state index is 0.0593. The molecule has 0 fully saturated rings. The van der Waals surface area contributed by atoms with Crippen molar-refractivity contribution in [2.24, 2.45) is 0 Å². The van der Waals surface area contributed by atoms with E-state index in [1.165, 1.54) is 17.4 Å². The molecule has 3 aromatic rings. The Hall–Kier alpha value is -1.82. The van der Waals surface area contributed by atoms with Gasteiger partial charge in [0.05, 0.1) is 9.90 Å². The number of halogens is 2. The van der Waals surface area contributed by atoms with Gasteiger partial charge in [-0.1, -0.05) is 23.7 Å². The third-order valence-electron chi connectivity index (χ3n) is 3.10. The summed E-state index contributed by atoms with van der Waals surface area (Å²) in [5.74, 6) is 1.79. The maximum Gasteiger partial charge on any atom is 0.195 e. The van der Waals surface area contributed by atoms with Crippen molar-refractivity contribution < 1.29 is 13.9 Å². The van der Waals surface area contributed by atoms with Crippen LogP contribution in [0.1, 0.15) is 21.2 Å². The van der Waals surface area contributed by atoms with E-state index >= 15 is 0 Å². The fourth-order valence-corrected chi connectivity index (χ4v) is 3.49.